The van der Waals surface area contributed by atoms with Gasteiger partial charge in [-0.15, -0.1) is 0 Å². The van der Waals surface area contributed by atoms with Crippen molar-refractivity contribution in [2.24, 2.45) is 0 Å². The second-order valence-electron chi connectivity index (χ2n) is 1.65. The van der Waals surface area contributed by atoms with Gasteiger partial charge < -0.3 is 4.74 Å². The van der Waals surface area contributed by atoms with Crippen molar-refractivity contribution in [2.75, 3.05) is 6.61 Å². The summed E-state index contributed by atoms with van der Waals surface area (Å²) >= 11 is 0. The molecule has 0 saturated carbocycles. The second kappa shape index (κ2) is 4.85. The molecular formula is C6H6N2O4. The molecule has 0 heterocycles. The van der Waals surface area contributed by atoms with E-state index in [1.54, 1.807) is 6.92 Å². The third-order valence-electron chi connectivity index (χ3n) is 0.852. The first kappa shape index (κ1) is 10.1. The lowest BCUT2D eigenvalue weighted by Crippen LogP contribution is -2.04. The molecule has 0 aliphatic rings. The fourth-order valence-electron chi connectivity index (χ4n) is 0.421. The minimum absolute atomic E-state index is 0.117. The van der Waals surface area contributed by atoms with Crippen LogP contribution in [0.1, 0.15) is 6.92 Å². The summed E-state index contributed by atoms with van der Waals surface area (Å²) in [6, 6.07) is 1.25. The molecule has 12 heavy (non-hydrogen) atoms. The molecule has 0 aliphatic carbocycles. The fourth-order valence-corrected chi connectivity index (χ4v) is 0.421. The van der Waals surface area contributed by atoms with Crippen LogP contribution in [0.2, 0.25) is 0 Å². The summed E-state index contributed by atoms with van der Waals surface area (Å²) in [5.41, 5.74) is -0.826. The SMILES string of the molecule is CCOC(=O)/C=C(\C#N)[N+](=O)[O-]. The molecule has 0 unspecified atom stereocenters. The maximum atomic E-state index is 10.6. The van der Waals surface area contributed by atoms with Crippen molar-refractivity contribution in [3.05, 3.63) is 21.9 Å². The number of carbonyl (C=O) groups is 1. The van der Waals surface area contributed by atoms with Gasteiger partial charge in [-0.1, -0.05) is 0 Å². The normalized spacial score (nSPS) is 10.2. The highest BCUT2D eigenvalue weighted by molar-refractivity contribution is 5.83. The molecule has 0 radical (unpaired) electrons. The zero-order valence-corrected chi connectivity index (χ0v) is 6.31. The highest BCUT2D eigenvalue weighted by atomic mass is 16.6. The topological polar surface area (TPSA) is 93.2 Å². The van der Waals surface area contributed by atoms with Gasteiger partial charge in [0.15, 0.2) is 6.07 Å². The molecule has 0 atom stereocenters. The molecule has 0 saturated heterocycles. The number of esters is 1. The van der Waals surface area contributed by atoms with E-state index >= 15 is 0 Å². The summed E-state index contributed by atoms with van der Waals surface area (Å²) in [4.78, 5) is 19.6. The second-order valence-corrected chi connectivity index (χ2v) is 1.65. The lowest BCUT2D eigenvalue weighted by molar-refractivity contribution is -0.417. The van der Waals surface area contributed by atoms with Crippen LogP contribution in [-0.2, 0) is 9.53 Å². The first-order valence-electron chi connectivity index (χ1n) is 3.04. The van der Waals surface area contributed by atoms with Crippen molar-refractivity contribution in [2.45, 2.75) is 6.92 Å². The maximum absolute atomic E-state index is 10.6. The third-order valence-corrected chi connectivity index (χ3v) is 0.852. The molecule has 0 fully saturated rings. The Morgan fingerprint density at radius 2 is 2.42 bits per heavy atom. The molecule has 0 aromatic carbocycles. The molecule has 0 N–H and O–H groups in total. The predicted octanol–water partition coefficient (Wildman–Crippen LogP) is 0.234. The van der Waals surface area contributed by atoms with E-state index in [-0.39, 0.29) is 6.61 Å². The third kappa shape index (κ3) is 3.31. The van der Waals surface area contributed by atoms with E-state index in [4.69, 9.17) is 5.26 Å². The fraction of sp³-hybridized carbons (Fsp3) is 0.333. The van der Waals surface area contributed by atoms with Gasteiger partial charge in [-0.05, 0) is 6.92 Å². The lowest BCUT2D eigenvalue weighted by atomic mass is 10.4. The highest BCUT2D eigenvalue weighted by Gasteiger charge is 2.11. The minimum atomic E-state index is -0.947. The molecule has 0 amide bonds. The Balaban J connectivity index is 4.42. The molecule has 0 aromatic heterocycles. The van der Waals surface area contributed by atoms with E-state index < -0.39 is 16.6 Å². The Morgan fingerprint density at radius 1 is 1.83 bits per heavy atom. The van der Waals surface area contributed by atoms with Gasteiger partial charge in [0.2, 0.25) is 0 Å². The van der Waals surface area contributed by atoms with Gasteiger partial charge in [-0.3, -0.25) is 10.1 Å². The number of hydrogen-bond donors (Lipinski definition) is 0. The summed E-state index contributed by atoms with van der Waals surface area (Å²) in [6.07, 6.45) is 0.545. The van der Waals surface area contributed by atoms with Crippen LogP contribution in [0, 0.1) is 21.4 Å². The number of nitriles is 1. The van der Waals surface area contributed by atoms with Crippen LogP contribution in [0.5, 0.6) is 0 Å². The minimum Gasteiger partial charge on any atom is -0.463 e. The molecule has 6 nitrogen and oxygen atoms in total. The van der Waals surface area contributed by atoms with Gasteiger partial charge in [0.25, 0.3) is 0 Å². The summed E-state index contributed by atoms with van der Waals surface area (Å²) in [6.45, 7) is 1.68. The summed E-state index contributed by atoms with van der Waals surface area (Å²) in [5.74, 6) is -0.884. The first-order chi connectivity index (χ1) is 5.61. The largest absolute Gasteiger partial charge is 0.463 e. The van der Waals surface area contributed by atoms with Crippen LogP contribution in [0.15, 0.2) is 11.8 Å². The van der Waals surface area contributed by atoms with Gasteiger partial charge in [-0.25, -0.2) is 4.79 Å². The van der Waals surface area contributed by atoms with E-state index in [0.29, 0.717) is 6.08 Å². The molecule has 0 aliphatic heterocycles. The van der Waals surface area contributed by atoms with Gasteiger partial charge in [0, 0.05) is 0 Å². The van der Waals surface area contributed by atoms with Gasteiger partial charge in [0.1, 0.15) is 6.08 Å². The highest BCUT2D eigenvalue weighted by Crippen LogP contribution is 1.93. The quantitative estimate of drug-likeness (QED) is 0.199. The molecule has 6 heteroatoms. The van der Waals surface area contributed by atoms with E-state index in [1.807, 2.05) is 0 Å². The number of ether oxygens (including phenoxy) is 1. The number of nitrogens with zero attached hydrogens (tertiary/aromatic N) is 2. The summed E-state index contributed by atoms with van der Waals surface area (Å²) in [5, 5.41) is 18.1. The van der Waals surface area contributed by atoms with Crippen LogP contribution in [-0.4, -0.2) is 17.5 Å². The average Bonchev–Trinajstić information content (AvgIpc) is 2.00. The Bertz CT molecular complexity index is 263. The standard InChI is InChI=1S/C6H6N2O4/c1-2-12-6(9)3-5(4-7)8(10)11/h3H,2H2,1H3/b5-3+. The predicted molar refractivity (Wildman–Crippen MR) is 37.3 cm³/mol. The zero-order chi connectivity index (χ0) is 9.56. The van der Waals surface area contributed by atoms with Gasteiger partial charge in [0.05, 0.1) is 11.5 Å². The molecule has 0 bridgehead atoms. The van der Waals surface area contributed by atoms with Crippen molar-refractivity contribution < 1.29 is 14.5 Å². The molecule has 0 aromatic rings. The number of rotatable bonds is 3. The Morgan fingerprint density at radius 3 is 2.75 bits per heavy atom. The monoisotopic (exact) mass is 170 g/mol. The van der Waals surface area contributed by atoms with Crippen molar-refractivity contribution in [1.29, 1.82) is 5.26 Å². The lowest BCUT2D eigenvalue weighted by Gasteiger charge is -1.92. The van der Waals surface area contributed by atoms with Crippen molar-refractivity contribution in [3.63, 3.8) is 0 Å². The van der Waals surface area contributed by atoms with Crippen molar-refractivity contribution >= 4 is 5.97 Å². The Labute approximate surface area is 68.2 Å². The van der Waals surface area contributed by atoms with E-state index in [1.165, 1.54) is 6.07 Å². The first-order valence-corrected chi connectivity index (χ1v) is 3.04. The number of nitro groups is 1. The van der Waals surface area contributed by atoms with Crippen LogP contribution < -0.4 is 0 Å². The Hall–Kier alpha value is -1.90. The number of hydrogen-bond acceptors (Lipinski definition) is 5. The van der Waals surface area contributed by atoms with Crippen LogP contribution >= 0.6 is 0 Å². The van der Waals surface area contributed by atoms with Gasteiger partial charge in [-0.2, -0.15) is 5.26 Å². The van der Waals surface area contributed by atoms with Crippen molar-refractivity contribution in [3.8, 4) is 6.07 Å². The summed E-state index contributed by atoms with van der Waals surface area (Å²) in [7, 11) is 0. The number of carbonyl (C=O) groups excluding carboxylic acids is 1. The van der Waals surface area contributed by atoms with Gasteiger partial charge >= 0.3 is 11.7 Å². The summed E-state index contributed by atoms with van der Waals surface area (Å²) < 4.78 is 4.35. The van der Waals surface area contributed by atoms with Crippen LogP contribution in [0.3, 0.4) is 0 Å². The van der Waals surface area contributed by atoms with E-state index in [2.05, 4.69) is 4.74 Å². The molecule has 64 valence electrons. The maximum Gasteiger partial charge on any atom is 0.352 e. The molecule has 0 rings (SSSR count). The van der Waals surface area contributed by atoms with Crippen LogP contribution in [0.25, 0.3) is 0 Å². The van der Waals surface area contributed by atoms with E-state index in [0.717, 1.165) is 0 Å². The zero-order valence-electron chi connectivity index (χ0n) is 6.31. The average molecular weight is 170 g/mol. The molecular weight excluding hydrogens is 164 g/mol. The Kier molecular flexibility index (Phi) is 4.08. The number of allylic oxidation sites excluding steroid dienone is 1. The van der Waals surface area contributed by atoms with Crippen LogP contribution in [0.4, 0.5) is 0 Å². The molecule has 0 spiro atoms. The van der Waals surface area contributed by atoms with Crippen molar-refractivity contribution in [1.82, 2.24) is 0 Å². The van der Waals surface area contributed by atoms with E-state index in [9.17, 15) is 14.9 Å². The smallest absolute Gasteiger partial charge is 0.352 e.